The highest BCUT2D eigenvalue weighted by molar-refractivity contribution is 6.04. The Morgan fingerprint density at radius 1 is 0.972 bits per heavy atom. The van der Waals surface area contributed by atoms with Crippen molar-refractivity contribution in [2.75, 3.05) is 28.1 Å². The fourth-order valence-corrected chi connectivity index (χ4v) is 5.25. The molecule has 8 heteroatoms. The third-order valence-corrected chi connectivity index (χ3v) is 6.97. The SMILES string of the molecule is COc1cc2c(c(O)c1OC)-c1c(cc3c(c1OC)OCO3)C[C@@H](C)[C@@H](O)[C@H]2C(=O)c1ccccc1. The number of ketones is 1. The van der Waals surface area contributed by atoms with E-state index in [0.717, 1.165) is 5.56 Å². The fraction of sp³-hybridized carbons (Fsp3) is 0.321. The van der Waals surface area contributed by atoms with E-state index in [9.17, 15) is 15.0 Å². The summed E-state index contributed by atoms with van der Waals surface area (Å²) in [5.41, 5.74) is 2.50. The van der Waals surface area contributed by atoms with E-state index in [4.69, 9.17) is 23.7 Å². The van der Waals surface area contributed by atoms with Crippen LogP contribution in [0, 0.1) is 5.92 Å². The number of hydrogen-bond acceptors (Lipinski definition) is 8. The molecule has 0 saturated heterocycles. The zero-order valence-corrected chi connectivity index (χ0v) is 20.5. The highest BCUT2D eigenvalue weighted by Gasteiger charge is 2.41. The molecule has 36 heavy (non-hydrogen) atoms. The maximum atomic E-state index is 13.9. The molecule has 1 heterocycles. The van der Waals surface area contributed by atoms with Crippen molar-refractivity contribution in [3.63, 3.8) is 0 Å². The van der Waals surface area contributed by atoms with E-state index in [1.807, 2.05) is 19.1 Å². The van der Waals surface area contributed by atoms with Crippen LogP contribution in [-0.2, 0) is 6.42 Å². The van der Waals surface area contributed by atoms with Crippen molar-refractivity contribution in [3.05, 3.63) is 59.2 Å². The van der Waals surface area contributed by atoms with Crippen LogP contribution < -0.4 is 23.7 Å². The first kappa shape index (κ1) is 23.8. The molecule has 0 aromatic heterocycles. The largest absolute Gasteiger partial charge is 0.504 e. The Bertz CT molecular complexity index is 1320. The Hall–Kier alpha value is -3.91. The fourth-order valence-electron chi connectivity index (χ4n) is 5.25. The van der Waals surface area contributed by atoms with Crippen molar-refractivity contribution in [1.29, 1.82) is 0 Å². The lowest BCUT2D eigenvalue weighted by Crippen LogP contribution is -2.34. The second-order valence-electron chi connectivity index (χ2n) is 8.98. The van der Waals surface area contributed by atoms with Gasteiger partial charge in [-0.1, -0.05) is 37.3 Å². The molecule has 0 fully saturated rings. The second kappa shape index (κ2) is 9.28. The number of aliphatic hydroxyl groups excluding tert-OH is 1. The van der Waals surface area contributed by atoms with Gasteiger partial charge in [-0.3, -0.25) is 4.79 Å². The normalized spacial score (nSPS) is 20.0. The number of carbonyl (C=O) groups is 1. The lowest BCUT2D eigenvalue weighted by atomic mass is 9.73. The summed E-state index contributed by atoms with van der Waals surface area (Å²) in [7, 11) is 4.39. The molecule has 1 aliphatic heterocycles. The minimum Gasteiger partial charge on any atom is -0.504 e. The van der Waals surface area contributed by atoms with Crippen LogP contribution in [0.1, 0.15) is 34.3 Å². The maximum absolute atomic E-state index is 13.9. The number of aromatic hydroxyl groups is 1. The second-order valence-corrected chi connectivity index (χ2v) is 8.98. The molecule has 0 radical (unpaired) electrons. The molecular weight excluding hydrogens is 464 g/mol. The minimum absolute atomic E-state index is 0.0344. The van der Waals surface area contributed by atoms with Crippen LogP contribution in [0.5, 0.6) is 34.5 Å². The van der Waals surface area contributed by atoms with Crippen LogP contribution in [0.3, 0.4) is 0 Å². The van der Waals surface area contributed by atoms with E-state index in [1.54, 1.807) is 30.3 Å². The zero-order valence-electron chi connectivity index (χ0n) is 20.5. The first-order chi connectivity index (χ1) is 17.4. The number of aliphatic hydroxyl groups is 1. The number of Topliss-reactive ketones (excluding diaryl/α,β-unsaturated/α-hetero) is 1. The third kappa shape index (κ3) is 3.60. The minimum atomic E-state index is -1.06. The number of rotatable bonds is 5. The quantitative estimate of drug-likeness (QED) is 0.507. The van der Waals surface area contributed by atoms with Gasteiger partial charge in [-0.25, -0.2) is 0 Å². The highest BCUT2D eigenvalue weighted by Crippen LogP contribution is 2.57. The van der Waals surface area contributed by atoms with Gasteiger partial charge in [-0.2, -0.15) is 0 Å². The molecule has 2 aliphatic rings. The Labute approximate surface area is 209 Å². The topological polar surface area (TPSA) is 104 Å². The summed E-state index contributed by atoms with van der Waals surface area (Å²) in [6.45, 7) is 1.93. The van der Waals surface area contributed by atoms with Crippen molar-refractivity contribution in [2.24, 2.45) is 5.92 Å². The Morgan fingerprint density at radius 3 is 2.36 bits per heavy atom. The van der Waals surface area contributed by atoms with Gasteiger partial charge < -0.3 is 33.9 Å². The van der Waals surface area contributed by atoms with Gasteiger partial charge in [-0.15, -0.1) is 0 Å². The number of phenols is 1. The summed E-state index contributed by atoms with van der Waals surface area (Å²) in [6, 6.07) is 12.3. The number of phenolic OH excluding ortho intramolecular Hbond substituents is 1. The third-order valence-electron chi connectivity index (χ3n) is 6.97. The van der Waals surface area contributed by atoms with Crippen molar-refractivity contribution < 1.29 is 38.7 Å². The maximum Gasteiger partial charge on any atom is 0.231 e. The van der Waals surface area contributed by atoms with Gasteiger partial charge in [-0.05, 0) is 35.6 Å². The van der Waals surface area contributed by atoms with Crippen LogP contribution in [0.15, 0.2) is 42.5 Å². The molecule has 3 aromatic rings. The predicted molar refractivity (Wildman–Crippen MR) is 132 cm³/mol. The van der Waals surface area contributed by atoms with Crippen LogP contribution >= 0.6 is 0 Å². The average molecular weight is 493 g/mol. The average Bonchev–Trinajstić information content (AvgIpc) is 3.36. The summed E-state index contributed by atoms with van der Waals surface area (Å²) in [6.07, 6.45) is -0.659. The van der Waals surface area contributed by atoms with Gasteiger partial charge in [0.2, 0.25) is 18.3 Å². The monoisotopic (exact) mass is 492 g/mol. The van der Waals surface area contributed by atoms with Gasteiger partial charge in [0.25, 0.3) is 0 Å². The van der Waals surface area contributed by atoms with Gasteiger partial charge in [0.1, 0.15) is 0 Å². The molecule has 188 valence electrons. The van der Waals surface area contributed by atoms with Crippen LogP contribution in [0.25, 0.3) is 11.1 Å². The Kier molecular flexibility index (Phi) is 6.14. The van der Waals surface area contributed by atoms with Crippen LogP contribution in [-0.4, -0.2) is 50.2 Å². The van der Waals surface area contributed by atoms with E-state index >= 15 is 0 Å². The summed E-state index contributed by atoms with van der Waals surface area (Å²) in [5.74, 6) is -0.164. The summed E-state index contributed by atoms with van der Waals surface area (Å²) in [5, 5.41) is 23.2. The van der Waals surface area contributed by atoms with Gasteiger partial charge in [0.05, 0.1) is 33.4 Å². The molecule has 8 nitrogen and oxygen atoms in total. The molecule has 1 aliphatic carbocycles. The Morgan fingerprint density at radius 2 is 1.69 bits per heavy atom. The number of methoxy groups -OCH3 is 3. The molecule has 0 bridgehead atoms. The van der Waals surface area contributed by atoms with E-state index in [1.165, 1.54) is 21.3 Å². The highest BCUT2D eigenvalue weighted by atomic mass is 16.7. The summed E-state index contributed by atoms with van der Waals surface area (Å²) >= 11 is 0. The van der Waals surface area contributed by atoms with E-state index in [0.29, 0.717) is 45.9 Å². The summed E-state index contributed by atoms with van der Waals surface area (Å²) < 4.78 is 28.1. The lowest BCUT2D eigenvalue weighted by molar-refractivity contribution is 0.0651. The van der Waals surface area contributed by atoms with Gasteiger partial charge in [0.15, 0.2) is 28.8 Å². The molecule has 0 spiro atoms. The molecule has 3 atom stereocenters. The number of ether oxygens (including phenoxy) is 5. The first-order valence-electron chi connectivity index (χ1n) is 11.7. The molecule has 0 amide bonds. The van der Waals surface area contributed by atoms with E-state index < -0.39 is 12.0 Å². The van der Waals surface area contributed by atoms with Crippen LogP contribution in [0.4, 0.5) is 0 Å². The zero-order chi connectivity index (χ0) is 25.6. The first-order valence-corrected chi connectivity index (χ1v) is 11.7. The predicted octanol–water partition coefficient (Wildman–Crippen LogP) is 4.33. The van der Waals surface area contributed by atoms with Gasteiger partial charge in [0, 0.05) is 16.7 Å². The lowest BCUT2D eigenvalue weighted by Gasteiger charge is -2.33. The number of carbonyl (C=O) groups excluding carboxylic acids is 1. The molecule has 5 rings (SSSR count). The molecule has 0 unspecified atom stereocenters. The number of hydrogen-bond donors (Lipinski definition) is 2. The number of fused-ring (bicyclic) bond motifs is 4. The van der Waals surface area contributed by atoms with Gasteiger partial charge >= 0.3 is 0 Å². The van der Waals surface area contributed by atoms with E-state index in [-0.39, 0.29) is 35.7 Å². The molecular formula is C28H28O8. The Balaban J connectivity index is 1.89. The van der Waals surface area contributed by atoms with Crippen LogP contribution in [0.2, 0.25) is 0 Å². The standard InChI is InChI=1S/C28H28O8/c1-14-10-16-11-19-27(36-13-35-19)28(34-4)20(16)21-17(12-18(32-2)26(33-3)25(21)31)22(23(14)29)24(30)15-8-6-5-7-9-15/h5-9,11-12,14,22-23,29,31H,10,13H2,1-4H3/t14-,22+,23-/m1/s1. The molecule has 0 saturated carbocycles. The van der Waals surface area contributed by atoms with Crippen molar-refractivity contribution in [2.45, 2.75) is 25.4 Å². The van der Waals surface area contributed by atoms with Crippen molar-refractivity contribution in [3.8, 4) is 45.6 Å². The van der Waals surface area contributed by atoms with E-state index in [2.05, 4.69) is 0 Å². The molecule has 2 N–H and O–H groups in total. The van der Waals surface area contributed by atoms with Crippen molar-refractivity contribution in [1.82, 2.24) is 0 Å². The van der Waals surface area contributed by atoms with Crippen molar-refractivity contribution >= 4 is 5.78 Å². The smallest absolute Gasteiger partial charge is 0.231 e. The number of benzene rings is 3. The summed E-state index contributed by atoms with van der Waals surface area (Å²) in [4.78, 5) is 13.9. The molecule has 3 aromatic carbocycles.